The molecule has 2 aromatic rings. The van der Waals surface area contributed by atoms with Crippen molar-refractivity contribution in [3.8, 4) is 0 Å². The maximum atomic E-state index is 12.9. The summed E-state index contributed by atoms with van der Waals surface area (Å²) in [7, 11) is 0. The third-order valence-electron chi connectivity index (χ3n) is 4.84. The number of anilines is 1. The van der Waals surface area contributed by atoms with Crippen molar-refractivity contribution in [2.24, 2.45) is 0 Å². The number of carbonyl (C=O) groups excluding carboxylic acids is 2. The molecule has 2 aromatic carbocycles. The number of carbonyl (C=O) groups is 2. The van der Waals surface area contributed by atoms with Gasteiger partial charge >= 0.3 is 0 Å². The molecule has 0 radical (unpaired) electrons. The zero-order chi connectivity index (χ0) is 18.5. The maximum Gasteiger partial charge on any atom is 0.258 e. The number of unbranched alkanes of at least 4 members (excludes halogenated alkanes) is 1. The Kier molecular flexibility index (Phi) is 5.71. The molecule has 0 spiro atoms. The molecule has 1 heterocycles. The predicted molar refractivity (Wildman–Crippen MR) is 104 cm³/mol. The zero-order valence-electron chi connectivity index (χ0n) is 15.5. The van der Waals surface area contributed by atoms with Crippen LogP contribution in [0, 0.1) is 6.92 Å². The van der Waals surface area contributed by atoms with Crippen molar-refractivity contribution in [3.63, 3.8) is 0 Å². The van der Waals surface area contributed by atoms with Gasteiger partial charge in [0.1, 0.15) is 0 Å². The van der Waals surface area contributed by atoms with Crippen LogP contribution in [0.4, 0.5) is 5.69 Å². The van der Waals surface area contributed by atoms with E-state index in [0.717, 1.165) is 36.1 Å². The fourth-order valence-electron chi connectivity index (χ4n) is 3.22. The van der Waals surface area contributed by atoms with Gasteiger partial charge in [-0.2, -0.15) is 0 Å². The van der Waals surface area contributed by atoms with E-state index in [1.807, 2.05) is 48.2 Å². The minimum absolute atomic E-state index is 0.0351. The van der Waals surface area contributed by atoms with E-state index >= 15 is 0 Å². The summed E-state index contributed by atoms with van der Waals surface area (Å²) in [5, 5.41) is 2.96. The smallest absolute Gasteiger partial charge is 0.258 e. The first-order valence-corrected chi connectivity index (χ1v) is 9.35. The largest absolute Gasteiger partial charge is 0.352 e. The summed E-state index contributed by atoms with van der Waals surface area (Å²) in [5.41, 5.74) is 5.03. The lowest BCUT2D eigenvalue weighted by Crippen LogP contribution is -2.29. The van der Waals surface area contributed by atoms with E-state index in [9.17, 15) is 9.59 Å². The van der Waals surface area contributed by atoms with Gasteiger partial charge in [0.05, 0.1) is 0 Å². The molecule has 1 aliphatic heterocycles. The van der Waals surface area contributed by atoms with E-state index in [0.29, 0.717) is 25.1 Å². The van der Waals surface area contributed by atoms with Crippen LogP contribution in [-0.2, 0) is 17.8 Å². The second kappa shape index (κ2) is 8.17. The summed E-state index contributed by atoms with van der Waals surface area (Å²) in [4.78, 5) is 26.5. The highest BCUT2D eigenvalue weighted by molar-refractivity contribution is 6.07. The molecule has 136 valence electrons. The van der Waals surface area contributed by atoms with Gasteiger partial charge in [-0.05, 0) is 49.1 Å². The molecule has 1 N–H and O–H groups in total. The Balaban J connectivity index is 1.71. The summed E-state index contributed by atoms with van der Waals surface area (Å²) in [6, 6.07) is 13.8. The van der Waals surface area contributed by atoms with E-state index < -0.39 is 0 Å². The second-order valence-electron chi connectivity index (χ2n) is 6.92. The van der Waals surface area contributed by atoms with Gasteiger partial charge in [0.25, 0.3) is 5.91 Å². The molecule has 1 aliphatic rings. The Hall–Kier alpha value is -2.62. The Bertz CT molecular complexity index is 796. The number of fused-ring (bicyclic) bond motifs is 1. The number of hydrogen-bond acceptors (Lipinski definition) is 2. The lowest BCUT2D eigenvalue weighted by atomic mass is 10.1. The Morgan fingerprint density at radius 3 is 2.62 bits per heavy atom. The van der Waals surface area contributed by atoms with Crippen molar-refractivity contribution in [2.75, 3.05) is 11.4 Å². The van der Waals surface area contributed by atoms with E-state index in [1.165, 1.54) is 5.56 Å². The number of nitrogens with zero attached hydrogens (tertiary/aromatic N) is 1. The van der Waals surface area contributed by atoms with Crippen molar-refractivity contribution in [2.45, 2.75) is 46.1 Å². The average molecular weight is 350 g/mol. The number of nitrogens with one attached hydrogen (secondary N) is 1. The highest BCUT2D eigenvalue weighted by atomic mass is 16.2. The molecule has 0 unspecified atom stereocenters. The molecule has 26 heavy (non-hydrogen) atoms. The number of aryl methyl sites for hydroxylation is 1. The van der Waals surface area contributed by atoms with Crippen LogP contribution in [0.2, 0.25) is 0 Å². The van der Waals surface area contributed by atoms with Crippen LogP contribution in [0.15, 0.2) is 42.5 Å². The average Bonchev–Trinajstić information content (AvgIpc) is 3.08. The van der Waals surface area contributed by atoms with Crippen LogP contribution in [0.3, 0.4) is 0 Å². The molecule has 0 saturated heterocycles. The second-order valence-corrected chi connectivity index (χ2v) is 6.92. The van der Waals surface area contributed by atoms with Crippen LogP contribution < -0.4 is 10.2 Å². The first-order valence-electron chi connectivity index (χ1n) is 9.35. The molecule has 2 amide bonds. The van der Waals surface area contributed by atoms with Crippen molar-refractivity contribution >= 4 is 17.5 Å². The van der Waals surface area contributed by atoms with Gasteiger partial charge in [0, 0.05) is 30.8 Å². The predicted octanol–water partition coefficient (Wildman–Crippen LogP) is 4.00. The zero-order valence-corrected chi connectivity index (χ0v) is 15.5. The third kappa shape index (κ3) is 4.13. The van der Waals surface area contributed by atoms with Gasteiger partial charge < -0.3 is 10.2 Å². The molecule has 0 aromatic heterocycles. The monoisotopic (exact) mass is 350 g/mol. The SMILES string of the molecule is CCCCC(=O)NCc1ccc2c(c1)N(C(=O)c1ccc(C)cc1)CC2. The molecule has 0 saturated carbocycles. The minimum atomic E-state index is 0.0351. The summed E-state index contributed by atoms with van der Waals surface area (Å²) >= 11 is 0. The molecule has 4 nitrogen and oxygen atoms in total. The van der Waals surface area contributed by atoms with Gasteiger partial charge in [-0.3, -0.25) is 9.59 Å². The van der Waals surface area contributed by atoms with Crippen LogP contribution in [-0.4, -0.2) is 18.4 Å². The van der Waals surface area contributed by atoms with Crippen molar-refractivity contribution in [1.82, 2.24) is 5.32 Å². The molecule has 0 atom stereocenters. The molecule has 0 bridgehead atoms. The van der Waals surface area contributed by atoms with Gasteiger partial charge in [0.2, 0.25) is 5.91 Å². The van der Waals surface area contributed by atoms with Crippen molar-refractivity contribution in [3.05, 3.63) is 64.7 Å². The fourth-order valence-corrected chi connectivity index (χ4v) is 3.22. The molecule has 0 aliphatic carbocycles. The maximum absolute atomic E-state index is 12.9. The minimum Gasteiger partial charge on any atom is -0.352 e. The van der Waals surface area contributed by atoms with Gasteiger partial charge in [-0.1, -0.05) is 43.2 Å². The van der Waals surface area contributed by atoms with Gasteiger partial charge in [0.15, 0.2) is 0 Å². The van der Waals surface area contributed by atoms with Crippen molar-refractivity contribution < 1.29 is 9.59 Å². The quantitative estimate of drug-likeness (QED) is 0.856. The van der Waals surface area contributed by atoms with Crippen molar-refractivity contribution in [1.29, 1.82) is 0 Å². The topological polar surface area (TPSA) is 49.4 Å². The molecule has 4 heteroatoms. The van der Waals surface area contributed by atoms with Gasteiger partial charge in [-0.25, -0.2) is 0 Å². The Morgan fingerprint density at radius 2 is 1.88 bits per heavy atom. The highest BCUT2D eigenvalue weighted by Crippen LogP contribution is 2.30. The molecule has 0 fully saturated rings. The summed E-state index contributed by atoms with van der Waals surface area (Å²) < 4.78 is 0. The highest BCUT2D eigenvalue weighted by Gasteiger charge is 2.25. The summed E-state index contributed by atoms with van der Waals surface area (Å²) in [5.74, 6) is 0.118. The first-order chi connectivity index (χ1) is 12.6. The van der Waals surface area contributed by atoms with Gasteiger partial charge in [-0.15, -0.1) is 0 Å². The van der Waals surface area contributed by atoms with Crippen LogP contribution >= 0.6 is 0 Å². The number of rotatable bonds is 6. The standard InChI is InChI=1S/C22H26N2O2/c1-3-4-5-21(25)23-15-17-8-11-18-12-13-24(20(18)14-17)22(26)19-9-6-16(2)7-10-19/h6-11,14H,3-5,12-13,15H2,1-2H3,(H,23,25). The van der Waals surface area contributed by atoms with E-state index in [4.69, 9.17) is 0 Å². The molecular weight excluding hydrogens is 324 g/mol. The van der Waals surface area contributed by atoms with E-state index in [1.54, 1.807) is 0 Å². The lowest BCUT2D eigenvalue weighted by molar-refractivity contribution is -0.121. The van der Waals surface area contributed by atoms with Crippen LogP contribution in [0.25, 0.3) is 0 Å². The normalized spacial score (nSPS) is 12.8. The third-order valence-corrected chi connectivity index (χ3v) is 4.84. The number of benzene rings is 2. The number of amides is 2. The molecular formula is C22H26N2O2. The Labute approximate surface area is 155 Å². The Morgan fingerprint density at radius 1 is 1.12 bits per heavy atom. The first kappa shape index (κ1) is 18.2. The summed E-state index contributed by atoms with van der Waals surface area (Å²) in [6.45, 7) is 5.30. The van der Waals surface area contributed by atoms with E-state index in [2.05, 4.69) is 18.3 Å². The van der Waals surface area contributed by atoms with Crippen LogP contribution in [0.1, 0.15) is 53.2 Å². The number of hydrogen-bond donors (Lipinski definition) is 1. The lowest BCUT2D eigenvalue weighted by Gasteiger charge is -2.18. The summed E-state index contributed by atoms with van der Waals surface area (Å²) in [6.07, 6.45) is 3.37. The molecule has 3 rings (SSSR count). The fraction of sp³-hybridized carbons (Fsp3) is 0.364. The van der Waals surface area contributed by atoms with Crippen LogP contribution in [0.5, 0.6) is 0 Å². The van der Waals surface area contributed by atoms with E-state index in [-0.39, 0.29) is 11.8 Å².